The SMILES string of the molecule is CCCOCCCC(OC)c1cccc(-c2csc(NC(=O)c3cc(F)c(C=C(C)C(=O)O)c(F)c3)n2)c1OC. The number of para-hydroxylation sites is 1. The summed E-state index contributed by atoms with van der Waals surface area (Å²) in [7, 11) is 3.20. The van der Waals surface area contributed by atoms with E-state index in [0.29, 0.717) is 23.6 Å². The molecule has 8 nitrogen and oxygen atoms in total. The first-order valence-electron chi connectivity index (χ1n) is 12.6. The number of carbonyl (C=O) groups is 2. The molecule has 0 spiro atoms. The molecular weight excluding hydrogens is 542 g/mol. The molecule has 2 N–H and O–H groups in total. The van der Waals surface area contributed by atoms with Crippen molar-refractivity contribution in [2.45, 2.75) is 39.2 Å². The van der Waals surface area contributed by atoms with Crippen LogP contribution < -0.4 is 10.1 Å². The minimum Gasteiger partial charge on any atom is -0.496 e. The first-order valence-corrected chi connectivity index (χ1v) is 13.5. The van der Waals surface area contributed by atoms with Crippen LogP contribution >= 0.6 is 11.3 Å². The molecule has 0 saturated carbocycles. The van der Waals surface area contributed by atoms with Crippen LogP contribution in [0.25, 0.3) is 17.3 Å². The number of aromatic nitrogens is 1. The van der Waals surface area contributed by atoms with E-state index in [2.05, 4.69) is 17.2 Å². The van der Waals surface area contributed by atoms with Gasteiger partial charge in [0.2, 0.25) is 0 Å². The van der Waals surface area contributed by atoms with E-state index in [1.807, 2.05) is 18.2 Å². The van der Waals surface area contributed by atoms with Gasteiger partial charge in [0.05, 0.1) is 18.9 Å². The molecule has 0 radical (unpaired) electrons. The Hall–Kier alpha value is -3.67. The molecule has 1 heterocycles. The quantitative estimate of drug-likeness (QED) is 0.162. The predicted octanol–water partition coefficient (Wildman–Crippen LogP) is 6.73. The van der Waals surface area contributed by atoms with Crippen molar-refractivity contribution in [3.05, 3.63) is 69.6 Å². The van der Waals surface area contributed by atoms with E-state index in [1.165, 1.54) is 6.92 Å². The fourth-order valence-electron chi connectivity index (χ4n) is 4.01. The lowest BCUT2D eigenvalue weighted by molar-refractivity contribution is -0.132. The fraction of sp³-hybridized carbons (Fsp3) is 0.345. The van der Waals surface area contributed by atoms with Gasteiger partial charge in [-0.25, -0.2) is 18.6 Å². The van der Waals surface area contributed by atoms with Gasteiger partial charge in [-0.15, -0.1) is 11.3 Å². The lowest BCUT2D eigenvalue weighted by Gasteiger charge is -2.20. The number of carboxylic acid groups (broad SMARTS) is 1. The third-order valence-corrected chi connectivity index (χ3v) is 6.78. The summed E-state index contributed by atoms with van der Waals surface area (Å²) in [6, 6.07) is 7.34. The number of nitrogens with one attached hydrogen (secondary N) is 1. The van der Waals surface area contributed by atoms with Gasteiger partial charge in [-0.1, -0.05) is 19.1 Å². The van der Waals surface area contributed by atoms with E-state index in [4.69, 9.17) is 19.3 Å². The second-order valence-corrected chi connectivity index (χ2v) is 9.74. The van der Waals surface area contributed by atoms with Crippen LogP contribution in [0.3, 0.4) is 0 Å². The highest BCUT2D eigenvalue weighted by Gasteiger charge is 2.21. The molecule has 1 atom stereocenters. The van der Waals surface area contributed by atoms with Crippen LogP contribution in [-0.2, 0) is 14.3 Å². The van der Waals surface area contributed by atoms with Gasteiger partial charge in [-0.3, -0.25) is 10.1 Å². The number of amides is 1. The smallest absolute Gasteiger partial charge is 0.331 e. The van der Waals surface area contributed by atoms with E-state index >= 15 is 0 Å². The second kappa shape index (κ2) is 14.6. The summed E-state index contributed by atoms with van der Waals surface area (Å²) in [5.41, 5.74) is 1.03. The third-order valence-electron chi connectivity index (χ3n) is 6.02. The summed E-state index contributed by atoms with van der Waals surface area (Å²) in [6.07, 6.45) is 3.16. The highest BCUT2D eigenvalue weighted by atomic mass is 32.1. The number of anilines is 1. The van der Waals surface area contributed by atoms with Gasteiger partial charge >= 0.3 is 5.97 Å². The zero-order chi connectivity index (χ0) is 29.2. The van der Waals surface area contributed by atoms with Crippen molar-refractivity contribution in [2.75, 3.05) is 32.8 Å². The number of hydrogen-bond acceptors (Lipinski definition) is 7. The number of aliphatic carboxylic acids is 1. The average Bonchev–Trinajstić information content (AvgIpc) is 3.40. The van der Waals surface area contributed by atoms with E-state index in [1.54, 1.807) is 19.6 Å². The molecule has 0 aliphatic carbocycles. The zero-order valence-electron chi connectivity index (χ0n) is 22.8. The summed E-state index contributed by atoms with van der Waals surface area (Å²) in [5.74, 6) is -3.60. The summed E-state index contributed by atoms with van der Waals surface area (Å²) in [4.78, 5) is 28.2. The molecule has 0 saturated heterocycles. The van der Waals surface area contributed by atoms with Gasteiger partial charge in [0, 0.05) is 53.5 Å². The Morgan fingerprint density at radius 1 is 1.18 bits per heavy atom. The predicted molar refractivity (Wildman–Crippen MR) is 150 cm³/mol. The highest BCUT2D eigenvalue weighted by Crippen LogP contribution is 2.39. The average molecular weight is 575 g/mol. The molecule has 0 fully saturated rings. The molecular formula is C29H32F2N2O6S. The summed E-state index contributed by atoms with van der Waals surface area (Å²) < 4.78 is 46.1. The molecule has 0 aliphatic rings. The fourth-order valence-corrected chi connectivity index (χ4v) is 4.72. The number of halogens is 2. The maximum atomic E-state index is 14.5. The number of methoxy groups -OCH3 is 2. The Morgan fingerprint density at radius 2 is 1.90 bits per heavy atom. The lowest BCUT2D eigenvalue weighted by Crippen LogP contribution is -2.13. The largest absolute Gasteiger partial charge is 0.496 e. The molecule has 3 aromatic rings. The van der Waals surface area contributed by atoms with E-state index in [0.717, 1.165) is 61.0 Å². The van der Waals surface area contributed by atoms with Crippen LogP contribution in [0.1, 0.15) is 60.7 Å². The Balaban J connectivity index is 1.79. The van der Waals surface area contributed by atoms with Crippen molar-refractivity contribution in [3.8, 4) is 17.0 Å². The summed E-state index contributed by atoms with van der Waals surface area (Å²) in [5, 5.41) is 13.5. The monoisotopic (exact) mass is 574 g/mol. The van der Waals surface area contributed by atoms with Crippen LogP contribution in [0, 0.1) is 11.6 Å². The molecule has 0 aliphatic heterocycles. The van der Waals surface area contributed by atoms with Crippen molar-refractivity contribution in [1.82, 2.24) is 4.98 Å². The minimum absolute atomic E-state index is 0.218. The summed E-state index contributed by atoms with van der Waals surface area (Å²) in [6.45, 7) is 4.63. The van der Waals surface area contributed by atoms with Crippen molar-refractivity contribution in [1.29, 1.82) is 0 Å². The van der Waals surface area contributed by atoms with Crippen LogP contribution in [0.2, 0.25) is 0 Å². The molecule has 1 amide bonds. The van der Waals surface area contributed by atoms with Crippen molar-refractivity contribution < 1.29 is 37.7 Å². The maximum Gasteiger partial charge on any atom is 0.331 e. The molecule has 40 heavy (non-hydrogen) atoms. The highest BCUT2D eigenvalue weighted by molar-refractivity contribution is 7.14. The van der Waals surface area contributed by atoms with Gasteiger partial charge in [0.15, 0.2) is 5.13 Å². The Kier molecular flexibility index (Phi) is 11.3. The topological polar surface area (TPSA) is 107 Å². The number of carboxylic acids is 1. The van der Waals surface area contributed by atoms with E-state index in [9.17, 15) is 18.4 Å². The molecule has 2 aromatic carbocycles. The standard InChI is InChI=1S/C29H32F2N2O6S/c1-5-11-39-12-7-10-25(37-3)20-9-6-8-19(26(20)38-4)24-16-40-29(32-24)33-27(34)18-14-22(30)21(23(31)15-18)13-17(2)28(35)36/h6,8-9,13-16,25H,5,7,10-12H2,1-4H3,(H,35,36)(H,32,33,34). The third kappa shape index (κ3) is 7.71. The summed E-state index contributed by atoms with van der Waals surface area (Å²) >= 11 is 1.14. The number of carbonyl (C=O) groups excluding carboxylic acids is 1. The second-order valence-electron chi connectivity index (χ2n) is 8.89. The van der Waals surface area contributed by atoms with E-state index < -0.39 is 29.1 Å². The van der Waals surface area contributed by atoms with Crippen molar-refractivity contribution in [3.63, 3.8) is 0 Å². The van der Waals surface area contributed by atoms with Crippen LogP contribution in [0.5, 0.6) is 5.75 Å². The Labute approximate surface area is 235 Å². The Morgan fingerprint density at radius 3 is 2.52 bits per heavy atom. The van der Waals surface area contributed by atoms with Crippen molar-refractivity contribution in [2.24, 2.45) is 0 Å². The first kappa shape index (κ1) is 30.9. The number of thiazole rings is 1. The van der Waals surface area contributed by atoms with Gasteiger partial charge in [-0.05, 0) is 50.5 Å². The van der Waals surface area contributed by atoms with Crippen LogP contribution in [0.15, 0.2) is 41.3 Å². The lowest BCUT2D eigenvalue weighted by atomic mass is 9.99. The molecule has 1 aromatic heterocycles. The van der Waals surface area contributed by atoms with Gasteiger partial charge in [-0.2, -0.15) is 0 Å². The maximum absolute atomic E-state index is 14.5. The number of benzene rings is 2. The van der Waals surface area contributed by atoms with E-state index in [-0.39, 0.29) is 22.4 Å². The molecule has 11 heteroatoms. The molecule has 3 rings (SSSR count). The molecule has 1 unspecified atom stereocenters. The van der Waals surface area contributed by atoms with Crippen LogP contribution in [0.4, 0.5) is 13.9 Å². The zero-order valence-corrected chi connectivity index (χ0v) is 23.6. The number of hydrogen-bond donors (Lipinski definition) is 2. The van der Waals surface area contributed by atoms with Gasteiger partial charge < -0.3 is 19.3 Å². The number of rotatable bonds is 14. The molecule has 0 bridgehead atoms. The Bertz CT molecular complexity index is 1350. The minimum atomic E-state index is -1.31. The number of ether oxygens (including phenoxy) is 3. The normalized spacial score (nSPS) is 12.3. The number of nitrogens with zero attached hydrogens (tertiary/aromatic N) is 1. The van der Waals surface area contributed by atoms with Gasteiger partial charge in [0.25, 0.3) is 5.91 Å². The molecule has 214 valence electrons. The van der Waals surface area contributed by atoms with Crippen molar-refractivity contribution >= 4 is 34.4 Å². The van der Waals surface area contributed by atoms with Gasteiger partial charge in [0.1, 0.15) is 17.4 Å². The van der Waals surface area contributed by atoms with Crippen LogP contribution in [-0.4, -0.2) is 49.4 Å². The first-order chi connectivity index (χ1) is 19.2.